The molecule has 1 aromatic heterocycles. The number of hydrogen-bond donors (Lipinski definition) is 1. The Hall–Kier alpha value is -1.61. The van der Waals surface area contributed by atoms with Crippen molar-refractivity contribution in [1.29, 1.82) is 0 Å². The first kappa shape index (κ1) is 10.9. The number of benzene rings is 1. The van der Waals surface area contributed by atoms with Gasteiger partial charge in [-0.3, -0.25) is 0 Å². The Kier molecular flexibility index (Phi) is 2.79. The minimum atomic E-state index is 0.0798. The van der Waals surface area contributed by atoms with Crippen molar-refractivity contribution in [3.8, 4) is 5.69 Å². The molecule has 3 heteroatoms. The number of nitrogens with zero attached hydrogens (tertiary/aromatic N) is 2. The smallest absolute Gasteiger partial charge is 0.0681 e. The molecule has 0 bridgehead atoms. The zero-order valence-corrected chi connectivity index (χ0v) is 9.86. The Bertz CT molecular complexity index is 497. The predicted octanol–water partition coefficient (Wildman–Crippen LogP) is 2.29. The molecule has 0 saturated heterocycles. The predicted molar refractivity (Wildman–Crippen MR) is 63.7 cm³/mol. The second-order valence-electron chi connectivity index (χ2n) is 4.03. The van der Waals surface area contributed by atoms with E-state index in [-0.39, 0.29) is 6.61 Å². The molecule has 1 heterocycles. The van der Waals surface area contributed by atoms with Gasteiger partial charge in [0.1, 0.15) is 0 Å². The molecule has 0 fully saturated rings. The minimum absolute atomic E-state index is 0.0798. The van der Waals surface area contributed by atoms with Crippen LogP contribution in [0, 0.1) is 20.8 Å². The van der Waals surface area contributed by atoms with E-state index in [0.29, 0.717) is 0 Å². The van der Waals surface area contributed by atoms with Gasteiger partial charge in [0.05, 0.1) is 18.0 Å². The van der Waals surface area contributed by atoms with Crippen molar-refractivity contribution in [2.24, 2.45) is 0 Å². The van der Waals surface area contributed by atoms with Gasteiger partial charge in [-0.05, 0) is 44.0 Å². The third kappa shape index (κ3) is 1.74. The van der Waals surface area contributed by atoms with Crippen LogP contribution in [0.25, 0.3) is 5.69 Å². The van der Waals surface area contributed by atoms with E-state index in [1.807, 2.05) is 35.9 Å². The van der Waals surface area contributed by atoms with Crippen LogP contribution in [0.5, 0.6) is 0 Å². The number of hydrogen-bond acceptors (Lipinski definition) is 2. The summed E-state index contributed by atoms with van der Waals surface area (Å²) in [5.74, 6) is 0. The van der Waals surface area contributed by atoms with Crippen molar-refractivity contribution >= 4 is 0 Å². The van der Waals surface area contributed by atoms with Gasteiger partial charge in [-0.25, -0.2) is 4.68 Å². The van der Waals surface area contributed by atoms with E-state index >= 15 is 0 Å². The van der Waals surface area contributed by atoms with Crippen LogP contribution in [-0.4, -0.2) is 14.9 Å². The van der Waals surface area contributed by atoms with Crippen LogP contribution in [-0.2, 0) is 6.61 Å². The highest BCUT2D eigenvalue weighted by Gasteiger charge is 2.08. The second-order valence-corrected chi connectivity index (χ2v) is 4.03. The summed E-state index contributed by atoms with van der Waals surface area (Å²) >= 11 is 0. The van der Waals surface area contributed by atoms with Gasteiger partial charge in [0.15, 0.2) is 0 Å². The molecule has 0 aliphatic heterocycles. The molecule has 0 saturated carbocycles. The highest BCUT2D eigenvalue weighted by Crippen LogP contribution is 2.17. The van der Waals surface area contributed by atoms with Crippen molar-refractivity contribution in [3.05, 3.63) is 46.8 Å². The van der Waals surface area contributed by atoms with Crippen LogP contribution in [0.2, 0.25) is 0 Å². The van der Waals surface area contributed by atoms with Gasteiger partial charge < -0.3 is 5.11 Å². The lowest BCUT2D eigenvalue weighted by Crippen LogP contribution is -1.99. The molecular weight excluding hydrogens is 200 g/mol. The molecule has 16 heavy (non-hydrogen) atoms. The fourth-order valence-corrected chi connectivity index (χ4v) is 1.71. The molecule has 3 nitrogen and oxygen atoms in total. The van der Waals surface area contributed by atoms with Crippen molar-refractivity contribution in [3.63, 3.8) is 0 Å². The monoisotopic (exact) mass is 216 g/mol. The summed E-state index contributed by atoms with van der Waals surface area (Å²) in [4.78, 5) is 0. The average Bonchev–Trinajstić information content (AvgIpc) is 2.57. The standard InChI is InChI=1S/C13H16N2O/c1-9-10(2)14-15(11(9)3)13-6-4-12(8-16)5-7-13/h4-7,16H,8H2,1-3H3. The van der Waals surface area contributed by atoms with E-state index in [1.165, 1.54) is 5.56 Å². The average molecular weight is 216 g/mol. The van der Waals surface area contributed by atoms with Crippen LogP contribution in [0.15, 0.2) is 24.3 Å². The van der Waals surface area contributed by atoms with Crippen LogP contribution in [0.4, 0.5) is 0 Å². The molecule has 0 radical (unpaired) electrons. The zero-order valence-electron chi connectivity index (χ0n) is 9.86. The summed E-state index contributed by atoms with van der Waals surface area (Å²) in [5.41, 5.74) is 5.40. The minimum Gasteiger partial charge on any atom is -0.392 e. The van der Waals surface area contributed by atoms with Crippen LogP contribution in [0.3, 0.4) is 0 Å². The topological polar surface area (TPSA) is 38.0 Å². The Morgan fingerprint density at radius 2 is 1.75 bits per heavy atom. The van der Waals surface area contributed by atoms with E-state index in [0.717, 1.165) is 22.6 Å². The zero-order chi connectivity index (χ0) is 11.7. The number of aliphatic hydroxyl groups excluding tert-OH is 1. The van der Waals surface area contributed by atoms with Gasteiger partial charge in [-0.1, -0.05) is 12.1 Å². The maximum atomic E-state index is 8.98. The fourth-order valence-electron chi connectivity index (χ4n) is 1.71. The molecule has 0 aliphatic carbocycles. The summed E-state index contributed by atoms with van der Waals surface area (Å²) in [5, 5.41) is 13.5. The first-order valence-electron chi connectivity index (χ1n) is 5.36. The molecule has 2 aromatic rings. The van der Waals surface area contributed by atoms with E-state index in [2.05, 4.69) is 18.9 Å². The van der Waals surface area contributed by atoms with Crippen LogP contribution >= 0.6 is 0 Å². The first-order chi connectivity index (χ1) is 7.63. The Labute approximate surface area is 95.3 Å². The van der Waals surface area contributed by atoms with Gasteiger partial charge in [0.25, 0.3) is 0 Å². The molecule has 84 valence electrons. The largest absolute Gasteiger partial charge is 0.392 e. The third-order valence-electron chi connectivity index (χ3n) is 3.02. The number of aromatic nitrogens is 2. The first-order valence-corrected chi connectivity index (χ1v) is 5.36. The summed E-state index contributed by atoms with van der Waals surface area (Å²) in [7, 11) is 0. The van der Waals surface area contributed by atoms with E-state index < -0.39 is 0 Å². The number of rotatable bonds is 2. The summed E-state index contributed by atoms with van der Waals surface area (Å²) < 4.78 is 1.94. The molecule has 0 spiro atoms. The van der Waals surface area contributed by atoms with Crippen molar-refractivity contribution in [2.75, 3.05) is 0 Å². The molecule has 1 aromatic carbocycles. The van der Waals surface area contributed by atoms with Crippen molar-refractivity contribution in [1.82, 2.24) is 9.78 Å². The Morgan fingerprint density at radius 3 is 2.19 bits per heavy atom. The maximum absolute atomic E-state index is 8.98. The van der Waals surface area contributed by atoms with Crippen LogP contribution < -0.4 is 0 Å². The molecule has 0 amide bonds. The van der Waals surface area contributed by atoms with Gasteiger partial charge in [-0.15, -0.1) is 0 Å². The summed E-state index contributed by atoms with van der Waals surface area (Å²) in [6, 6.07) is 7.79. The Morgan fingerprint density at radius 1 is 1.12 bits per heavy atom. The van der Waals surface area contributed by atoms with E-state index in [4.69, 9.17) is 5.11 Å². The summed E-state index contributed by atoms with van der Waals surface area (Å²) in [6.45, 7) is 6.24. The lowest BCUT2D eigenvalue weighted by Gasteiger charge is -2.05. The fraction of sp³-hybridized carbons (Fsp3) is 0.308. The lowest BCUT2D eigenvalue weighted by molar-refractivity contribution is 0.282. The number of aryl methyl sites for hydroxylation is 1. The molecule has 0 aliphatic rings. The number of aliphatic hydroxyl groups is 1. The van der Waals surface area contributed by atoms with Crippen molar-refractivity contribution in [2.45, 2.75) is 27.4 Å². The third-order valence-corrected chi connectivity index (χ3v) is 3.02. The van der Waals surface area contributed by atoms with Gasteiger partial charge >= 0.3 is 0 Å². The summed E-state index contributed by atoms with van der Waals surface area (Å²) in [6.07, 6.45) is 0. The van der Waals surface area contributed by atoms with Crippen molar-refractivity contribution < 1.29 is 5.11 Å². The highest BCUT2D eigenvalue weighted by atomic mass is 16.3. The van der Waals surface area contributed by atoms with E-state index in [1.54, 1.807) is 0 Å². The van der Waals surface area contributed by atoms with E-state index in [9.17, 15) is 0 Å². The van der Waals surface area contributed by atoms with Gasteiger partial charge in [0.2, 0.25) is 0 Å². The SMILES string of the molecule is Cc1nn(-c2ccc(CO)cc2)c(C)c1C. The highest BCUT2D eigenvalue weighted by molar-refractivity contribution is 5.38. The van der Waals surface area contributed by atoms with Gasteiger partial charge in [-0.2, -0.15) is 5.10 Å². The molecule has 1 N–H and O–H groups in total. The quantitative estimate of drug-likeness (QED) is 0.836. The molecule has 0 atom stereocenters. The molecule has 2 rings (SSSR count). The lowest BCUT2D eigenvalue weighted by atomic mass is 10.2. The second kappa shape index (κ2) is 4.10. The molecule has 0 unspecified atom stereocenters. The molecular formula is C13H16N2O. The van der Waals surface area contributed by atoms with Gasteiger partial charge in [0, 0.05) is 5.69 Å². The van der Waals surface area contributed by atoms with Crippen LogP contribution in [0.1, 0.15) is 22.5 Å². The maximum Gasteiger partial charge on any atom is 0.0681 e. The normalized spacial score (nSPS) is 10.8. The Balaban J connectivity index is 2.46.